The number of nitrogens with zero attached hydrogens (tertiary/aromatic N) is 2. The monoisotopic (exact) mass is 386 g/mol. The predicted molar refractivity (Wildman–Crippen MR) is 111 cm³/mol. The van der Waals surface area contributed by atoms with Crippen LogP contribution >= 0.6 is 0 Å². The summed E-state index contributed by atoms with van der Waals surface area (Å²) >= 11 is 0. The Labute approximate surface area is 167 Å². The Morgan fingerprint density at radius 2 is 2.03 bits per heavy atom. The fourth-order valence-corrected chi connectivity index (χ4v) is 3.92. The van der Waals surface area contributed by atoms with Crippen LogP contribution < -0.4 is 5.32 Å². The highest BCUT2D eigenvalue weighted by molar-refractivity contribution is 6.04. The normalized spacial score (nSPS) is 14.7. The van der Waals surface area contributed by atoms with Gasteiger partial charge in [-0.3, -0.25) is 14.9 Å². The van der Waals surface area contributed by atoms with Gasteiger partial charge in [0.2, 0.25) is 0 Å². The zero-order chi connectivity index (χ0) is 19.8. The number of rotatable bonds is 3. The number of fused-ring (bicyclic) bond motifs is 2. The van der Waals surface area contributed by atoms with E-state index in [-0.39, 0.29) is 11.7 Å². The lowest BCUT2D eigenvalue weighted by molar-refractivity contribution is 0.102. The van der Waals surface area contributed by atoms with Crippen LogP contribution in [0.1, 0.15) is 51.4 Å². The number of hydrogen-bond acceptors (Lipinski definition) is 3. The van der Waals surface area contributed by atoms with Crippen LogP contribution in [0.2, 0.25) is 0 Å². The fraction of sp³-hybridized carbons (Fsp3) is 0.174. The SMILES string of the molecule is O=C(Nc1cnc2c(c1)C=C(c1ccc(F)cc1)CC=C2)c1n[nH]c2c1CCC2. The van der Waals surface area contributed by atoms with Gasteiger partial charge in [-0.2, -0.15) is 5.10 Å². The van der Waals surface area contributed by atoms with Crippen molar-refractivity contribution in [3.8, 4) is 0 Å². The molecular formula is C23H19FN4O. The summed E-state index contributed by atoms with van der Waals surface area (Å²) in [5.74, 6) is -0.478. The molecule has 2 aromatic heterocycles. The first-order valence-electron chi connectivity index (χ1n) is 9.68. The molecule has 2 aliphatic rings. The molecule has 0 spiro atoms. The number of aromatic nitrogens is 3. The van der Waals surface area contributed by atoms with Crippen molar-refractivity contribution in [1.82, 2.24) is 15.2 Å². The molecule has 0 bridgehead atoms. The largest absolute Gasteiger partial charge is 0.319 e. The number of amides is 1. The van der Waals surface area contributed by atoms with Gasteiger partial charge in [-0.15, -0.1) is 0 Å². The van der Waals surface area contributed by atoms with Gasteiger partial charge >= 0.3 is 0 Å². The lowest BCUT2D eigenvalue weighted by Gasteiger charge is -2.08. The summed E-state index contributed by atoms with van der Waals surface area (Å²) in [5, 5.41) is 10.1. The molecule has 0 unspecified atom stereocenters. The van der Waals surface area contributed by atoms with Crippen molar-refractivity contribution in [2.45, 2.75) is 25.7 Å². The molecule has 6 heteroatoms. The molecule has 144 valence electrons. The van der Waals surface area contributed by atoms with Crippen LogP contribution in [0, 0.1) is 5.82 Å². The van der Waals surface area contributed by atoms with Crippen molar-refractivity contribution >= 4 is 29.3 Å². The minimum atomic E-state index is -0.254. The number of hydrogen-bond donors (Lipinski definition) is 2. The van der Waals surface area contributed by atoms with Gasteiger partial charge in [-0.25, -0.2) is 4.39 Å². The molecule has 2 aliphatic carbocycles. The number of aromatic amines is 1. The van der Waals surface area contributed by atoms with Crippen molar-refractivity contribution < 1.29 is 9.18 Å². The molecule has 0 saturated carbocycles. The van der Waals surface area contributed by atoms with E-state index in [1.165, 1.54) is 12.1 Å². The van der Waals surface area contributed by atoms with Crippen molar-refractivity contribution in [2.24, 2.45) is 0 Å². The summed E-state index contributed by atoms with van der Waals surface area (Å²) in [6.45, 7) is 0. The number of anilines is 1. The maximum absolute atomic E-state index is 13.3. The third kappa shape index (κ3) is 3.38. The number of allylic oxidation sites excluding steroid dienone is 2. The Balaban J connectivity index is 1.44. The first-order valence-corrected chi connectivity index (χ1v) is 9.68. The van der Waals surface area contributed by atoms with E-state index in [0.29, 0.717) is 11.4 Å². The molecule has 29 heavy (non-hydrogen) atoms. The van der Waals surface area contributed by atoms with E-state index in [2.05, 4.69) is 20.5 Å². The van der Waals surface area contributed by atoms with Crippen molar-refractivity contribution in [3.63, 3.8) is 0 Å². The number of benzene rings is 1. The minimum Gasteiger partial charge on any atom is -0.319 e. The van der Waals surface area contributed by atoms with E-state index in [0.717, 1.165) is 59.3 Å². The summed E-state index contributed by atoms with van der Waals surface area (Å²) in [5.41, 5.74) is 6.94. The average Bonchev–Trinajstić information content (AvgIpc) is 3.27. The molecule has 1 aromatic carbocycles. The predicted octanol–water partition coefficient (Wildman–Crippen LogP) is 4.64. The summed E-state index contributed by atoms with van der Waals surface area (Å²) in [6.07, 6.45) is 11.3. The van der Waals surface area contributed by atoms with Crippen LogP contribution in [0.4, 0.5) is 10.1 Å². The lowest BCUT2D eigenvalue weighted by atomic mass is 10.0. The molecule has 5 rings (SSSR count). The maximum Gasteiger partial charge on any atom is 0.276 e. The third-order valence-electron chi connectivity index (χ3n) is 5.39. The summed E-state index contributed by atoms with van der Waals surface area (Å²) < 4.78 is 13.3. The number of aryl methyl sites for hydroxylation is 1. The number of carbonyl (C=O) groups excluding carboxylic acids is 1. The Hall–Kier alpha value is -3.54. The van der Waals surface area contributed by atoms with Gasteiger partial charge in [0.05, 0.1) is 17.6 Å². The van der Waals surface area contributed by atoms with Crippen LogP contribution in [0.25, 0.3) is 17.7 Å². The van der Waals surface area contributed by atoms with Crippen molar-refractivity contribution in [1.29, 1.82) is 0 Å². The third-order valence-corrected chi connectivity index (χ3v) is 5.39. The Bertz CT molecular complexity index is 1160. The molecule has 0 fully saturated rings. The highest BCUT2D eigenvalue weighted by Crippen LogP contribution is 2.29. The van der Waals surface area contributed by atoms with Gasteiger partial charge in [-0.1, -0.05) is 18.2 Å². The first-order chi connectivity index (χ1) is 14.2. The van der Waals surface area contributed by atoms with Crippen molar-refractivity contribution in [3.05, 3.63) is 82.2 Å². The molecule has 1 amide bonds. The van der Waals surface area contributed by atoms with Crippen LogP contribution in [0.15, 0.2) is 42.6 Å². The molecule has 5 nitrogen and oxygen atoms in total. The van der Waals surface area contributed by atoms with E-state index in [1.807, 2.05) is 24.3 Å². The van der Waals surface area contributed by atoms with Crippen molar-refractivity contribution in [2.75, 3.05) is 5.32 Å². The van der Waals surface area contributed by atoms with Crippen LogP contribution in [-0.4, -0.2) is 21.1 Å². The number of halogens is 1. The highest BCUT2D eigenvalue weighted by atomic mass is 19.1. The van der Waals surface area contributed by atoms with E-state index in [1.54, 1.807) is 18.3 Å². The van der Waals surface area contributed by atoms with E-state index < -0.39 is 0 Å². The van der Waals surface area contributed by atoms with Gasteiger partial charge in [0.25, 0.3) is 5.91 Å². The number of pyridine rings is 1. The molecule has 3 aromatic rings. The molecule has 0 atom stereocenters. The Kier molecular flexibility index (Phi) is 4.31. The second kappa shape index (κ2) is 7.13. The standard InChI is InChI=1S/C23H19FN4O/c24-17-9-7-14(8-10-17)15-3-1-5-20-16(11-15)12-18(13-25-20)26-23(29)22-19-4-2-6-21(19)27-28-22/h1,5,7-13H,2-4,6H2,(H,26,29)(H,27,28). The molecular weight excluding hydrogens is 367 g/mol. The van der Waals surface area contributed by atoms with Crippen LogP contribution in [-0.2, 0) is 12.8 Å². The highest BCUT2D eigenvalue weighted by Gasteiger charge is 2.23. The molecule has 2 N–H and O–H groups in total. The van der Waals surface area contributed by atoms with Gasteiger partial charge in [-0.05, 0) is 67.2 Å². The fourth-order valence-electron chi connectivity index (χ4n) is 3.92. The quantitative estimate of drug-likeness (QED) is 0.689. The van der Waals surface area contributed by atoms with E-state index >= 15 is 0 Å². The zero-order valence-corrected chi connectivity index (χ0v) is 15.7. The van der Waals surface area contributed by atoms with E-state index in [9.17, 15) is 9.18 Å². The lowest BCUT2D eigenvalue weighted by Crippen LogP contribution is -2.14. The summed E-state index contributed by atoms with van der Waals surface area (Å²) in [7, 11) is 0. The number of nitrogens with one attached hydrogen (secondary N) is 2. The number of H-pyrrole nitrogens is 1. The Morgan fingerprint density at radius 1 is 1.17 bits per heavy atom. The second-order valence-corrected chi connectivity index (χ2v) is 7.32. The molecule has 0 aliphatic heterocycles. The smallest absolute Gasteiger partial charge is 0.276 e. The van der Waals surface area contributed by atoms with Gasteiger partial charge < -0.3 is 5.32 Å². The van der Waals surface area contributed by atoms with Gasteiger partial charge in [0, 0.05) is 16.8 Å². The van der Waals surface area contributed by atoms with Crippen LogP contribution in [0.5, 0.6) is 0 Å². The summed E-state index contributed by atoms with van der Waals surface area (Å²) in [6, 6.07) is 8.38. The van der Waals surface area contributed by atoms with Crippen LogP contribution in [0.3, 0.4) is 0 Å². The number of carbonyl (C=O) groups is 1. The topological polar surface area (TPSA) is 70.7 Å². The molecule has 2 heterocycles. The summed E-state index contributed by atoms with van der Waals surface area (Å²) in [4.78, 5) is 17.2. The first kappa shape index (κ1) is 17.6. The molecule has 0 saturated heterocycles. The second-order valence-electron chi connectivity index (χ2n) is 7.32. The van der Waals surface area contributed by atoms with E-state index in [4.69, 9.17) is 0 Å². The van der Waals surface area contributed by atoms with Gasteiger partial charge in [0.15, 0.2) is 5.69 Å². The molecule has 0 radical (unpaired) electrons. The zero-order valence-electron chi connectivity index (χ0n) is 15.7. The van der Waals surface area contributed by atoms with Gasteiger partial charge in [0.1, 0.15) is 5.82 Å². The minimum absolute atomic E-state index is 0.224. The Morgan fingerprint density at radius 3 is 2.90 bits per heavy atom. The maximum atomic E-state index is 13.3. The average molecular weight is 386 g/mol.